The van der Waals surface area contributed by atoms with E-state index < -0.39 is 0 Å². The first-order valence-corrected chi connectivity index (χ1v) is 5.56. The van der Waals surface area contributed by atoms with Gasteiger partial charge in [-0.25, -0.2) is 0 Å². The van der Waals surface area contributed by atoms with E-state index in [0.29, 0.717) is 17.1 Å². The van der Waals surface area contributed by atoms with Crippen LogP contribution in [0, 0.1) is 5.92 Å². The molecule has 0 aliphatic heterocycles. The second kappa shape index (κ2) is 5.89. The third-order valence-corrected chi connectivity index (χ3v) is 2.64. The van der Waals surface area contributed by atoms with Gasteiger partial charge in [0.25, 0.3) is 0 Å². The Morgan fingerprint density at radius 3 is 2.80 bits per heavy atom. The maximum Gasteiger partial charge on any atom is 0.167 e. The molecule has 0 heterocycles. The Bertz CT molecular complexity index is 338. The normalized spacial score (nSPS) is 12.5. The fourth-order valence-electron chi connectivity index (χ4n) is 1.58. The zero-order valence-corrected chi connectivity index (χ0v) is 9.63. The lowest BCUT2D eigenvalue weighted by molar-refractivity contribution is 0.0917. The summed E-state index contributed by atoms with van der Waals surface area (Å²) in [6.07, 6.45) is 1.80. The van der Waals surface area contributed by atoms with Crippen molar-refractivity contribution < 1.29 is 4.79 Å². The van der Waals surface area contributed by atoms with Gasteiger partial charge in [-0.3, -0.25) is 4.79 Å². The van der Waals surface area contributed by atoms with Gasteiger partial charge < -0.3 is 5.73 Å². The predicted octanol–water partition coefficient (Wildman–Crippen LogP) is 2.90. The van der Waals surface area contributed by atoms with E-state index in [0.717, 1.165) is 12.8 Å². The molecule has 0 radical (unpaired) electrons. The summed E-state index contributed by atoms with van der Waals surface area (Å²) in [6, 6.07) is 7.03. The second-order valence-electron chi connectivity index (χ2n) is 3.60. The van der Waals surface area contributed by atoms with E-state index >= 15 is 0 Å². The average Bonchev–Trinajstić information content (AvgIpc) is 2.25. The molecular weight excluding hydrogens is 210 g/mol. The molecule has 3 heteroatoms. The molecule has 1 aromatic carbocycles. The molecule has 0 bridgehead atoms. The number of hydrogen-bond donors (Lipinski definition) is 1. The van der Waals surface area contributed by atoms with E-state index in [1.54, 1.807) is 24.3 Å². The first-order chi connectivity index (χ1) is 7.19. The summed E-state index contributed by atoms with van der Waals surface area (Å²) in [6.45, 7) is 2.45. The highest BCUT2D eigenvalue weighted by Gasteiger charge is 2.17. The van der Waals surface area contributed by atoms with Crippen LogP contribution < -0.4 is 5.73 Å². The van der Waals surface area contributed by atoms with Crippen molar-refractivity contribution in [2.75, 3.05) is 6.54 Å². The van der Waals surface area contributed by atoms with Crippen molar-refractivity contribution in [3.05, 3.63) is 34.9 Å². The van der Waals surface area contributed by atoms with Crippen molar-refractivity contribution in [1.29, 1.82) is 0 Å². The van der Waals surface area contributed by atoms with Gasteiger partial charge in [0.15, 0.2) is 5.78 Å². The van der Waals surface area contributed by atoms with Crippen LogP contribution in [0.3, 0.4) is 0 Å². The molecule has 2 nitrogen and oxygen atoms in total. The fraction of sp³-hybridized carbons (Fsp3) is 0.417. The van der Waals surface area contributed by atoms with E-state index in [-0.39, 0.29) is 11.7 Å². The lowest BCUT2D eigenvalue weighted by Gasteiger charge is -2.12. The Morgan fingerprint density at radius 2 is 2.27 bits per heavy atom. The van der Waals surface area contributed by atoms with Crippen LogP contribution in [-0.4, -0.2) is 12.3 Å². The summed E-state index contributed by atoms with van der Waals surface area (Å²) < 4.78 is 0. The van der Waals surface area contributed by atoms with Gasteiger partial charge in [-0.2, -0.15) is 0 Å². The first-order valence-electron chi connectivity index (χ1n) is 5.19. The number of ketones is 1. The highest BCUT2D eigenvalue weighted by Crippen LogP contribution is 2.16. The lowest BCUT2D eigenvalue weighted by atomic mass is 9.94. The van der Waals surface area contributed by atoms with Crippen LogP contribution in [-0.2, 0) is 0 Å². The summed E-state index contributed by atoms with van der Waals surface area (Å²) in [7, 11) is 0. The number of rotatable bonds is 5. The number of carbonyl (C=O) groups is 1. The molecule has 0 aliphatic rings. The number of Topliss-reactive ketones (excluding diaryl/α,β-unsaturated/α-hetero) is 1. The van der Waals surface area contributed by atoms with E-state index in [9.17, 15) is 4.79 Å². The molecule has 0 aromatic heterocycles. The van der Waals surface area contributed by atoms with Gasteiger partial charge >= 0.3 is 0 Å². The van der Waals surface area contributed by atoms with Crippen molar-refractivity contribution in [1.82, 2.24) is 0 Å². The van der Waals surface area contributed by atoms with Gasteiger partial charge in [-0.05, 0) is 18.6 Å². The smallest absolute Gasteiger partial charge is 0.167 e. The van der Waals surface area contributed by atoms with Crippen molar-refractivity contribution in [2.45, 2.75) is 19.8 Å². The quantitative estimate of drug-likeness (QED) is 0.783. The molecule has 1 rings (SSSR count). The van der Waals surface area contributed by atoms with E-state index in [1.165, 1.54) is 0 Å². The predicted molar refractivity (Wildman–Crippen MR) is 63.2 cm³/mol. The summed E-state index contributed by atoms with van der Waals surface area (Å²) in [5, 5.41) is 0.591. The summed E-state index contributed by atoms with van der Waals surface area (Å²) in [4.78, 5) is 12.0. The molecule has 82 valence electrons. The monoisotopic (exact) mass is 225 g/mol. The summed E-state index contributed by atoms with van der Waals surface area (Å²) >= 11 is 5.83. The van der Waals surface area contributed by atoms with Crippen molar-refractivity contribution >= 4 is 17.4 Å². The number of halogens is 1. The second-order valence-corrected chi connectivity index (χ2v) is 4.03. The van der Waals surface area contributed by atoms with E-state index in [1.807, 2.05) is 6.92 Å². The Morgan fingerprint density at radius 1 is 1.53 bits per heavy atom. The Kier molecular flexibility index (Phi) is 4.79. The minimum absolute atomic E-state index is 0.0755. The van der Waals surface area contributed by atoms with Gasteiger partial charge in [-0.15, -0.1) is 0 Å². The summed E-state index contributed by atoms with van der Waals surface area (Å²) in [5.41, 5.74) is 6.24. The molecule has 15 heavy (non-hydrogen) atoms. The molecule has 0 spiro atoms. The lowest BCUT2D eigenvalue weighted by Crippen LogP contribution is -2.23. The van der Waals surface area contributed by atoms with Gasteiger partial charge in [0.05, 0.1) is 0 Å². The SMILES string of the molecule is CCCC(CN)C(=O)c1cccc(Cl)c1. The first kappa shape index (κ1) is 12.2. The topological polar surface area (TPSA) is 43.1 Å². The number of hydrogen-bond acceptors (Lipinski definition) is 2. The van der Waals surface area contributed by atoms with Gasteiger partial charge in [-0.1, -0.05) is 37.1 Å². The molecule has 0 saturated heterocycles. The third kappa shape index (κ3) is 3.33. The third-order valence-electron chi connectivity index (χ3n) is 2.40. The highest BCUT2D eigenvalue weighted by atomic mass is 35.5. The van der Waals surface area contributed by atoms with Crippen LogP contribution in [0.5, 0.6) is 0 Å². The maximum absolute atomic E-state index is 12.0. The molecule has 0 aliphatic carbocycles. The fourth-order valence-corrected chi connectivity index (χ4v) is 1.77. The maximum atomic E-state index is 12.0. The Hall–Kier alpha value is -0.860. The number of benzene rings is 1. The average molecular weight is 226 g/mol. The molecule has 1 aromatic rings. The number of carbonyl (C=O) groups excluding carboxylic acids is 1. The van der Waals surface area contributed by atoms with Crippen LogP contribution in [0.25, 0.3) is 0 Å². The molecule has 1 atom stereocenters. The van der Waals surface area contributed by atoms with Crippen LogP contribution >= 0.6 is 11.6 Å². The van der Waals surface area contributed by atoms with Gasteiger partial charge in [0, 0.05) is 23.0 Å². The van der Waals surface area contributed by atoms with Crippen LogP contribution in [0.15, 0.2) is 24.3 Å². The molecular formula is C12H16ClNO. The van der Waals surface area contributed by atoms with E-state index in [4.69, 9.17) is 17.3 Å². The van der Waals surface area contributed by atoms with Crippen LogP contribution in [0.1, 0.15) is 30.1 Å². The largest absolute Gasteiger partial charge is 0.330 e. The van der Waals surface area contributed by atoms with Crippen molar-refractivity contribution in [2.24, 2.45) is 11.7 Å². The zero-order valence-electron chi connectivity index (χ0n) is 8.87. The van der Waals surface area contributed by atoms with Gasteiger partial charge in [0.2, 0.25) is 0 Å². The highest BCUT2D eigenvalue weighted by molar-refractivity contribution is 6.31. The Labute approximate surface area is 95.4 Å². The van der Waals surface area contributed by atoms with E-state index in [2.05, 4.69) is 0 Å². The minimum atomic E-state index is -0.0755. The molecule has 0 saturated carbocycles. The molecule has 0 amide bonds. The van der Waals surface area contributed by atoms with Crippen molar-refractivity contribution in [3.63, 3.8) is 0 Å². The minimum Gasteiger partial charge on any atom is -0.330 e. The van der Waals surface area contributed by atoms with Crippen molar-refractivity contribution in [3.8, 4) is 0 Å². The number of nitrogens with two attached hydrogens (primary N) is 1. The molecule has 0 fully saturated rings. The molecule has 1 unspecified atom stereocenters. The van der Waals surface area contributed by atoms with Crippen LogP contribution in [0.4, 0.5) is 0 Å². The molecule has 2 N–H and O–H groups in total. The standard InChI is InChI=1S/C12H16ClNO/c1-2-4-10(8-14)12(15)9-5-3-6-11(13)7-9/h3,5-7,10H,2,4,8,14H2,1H3. The van der Waals surface area contributed by atoms with Gasteiger partial charge in [0.1, 0.15) is 0 Å². The Balaban J connectivity index is 2.82. The zero-order chi connectivity index (χ0) is 11.3. The summed E-state index contributed by atoms with van der Waals surface area (Å²) in [5.74, 6) is 0.0234. The van der Waals surface area contributed by atoms with Crippen LogP contribution in [0.2, 0.25) is 5.02 Å².